The third kappa shape index (κ3) is 5.44. The number of carbonyl (C=O) groups is 2. The third-order valence-corrected chi connectivity index (χ3v) is 2.93. The molecule has 1 aromatic rings. The molecule has 6 nitrogen and oxygen atoms in total. The number of nitrogens with zero attached hydrogens (tertiary/aromatic N) is 1. The molecule has 3 N–H and O–H groups in total. The van der Waals surface area contributed by atoms with Gasteiger partial charge in [0.05, 0.1) is 6.07 Å². The van der Waals surface area contributed by atoms with Crippen LogP contribution in [0.1, 0.15) is 33.3 Å². The Morgan fingerprint density at radius 1 is 1.23 bits per heavy atom. The molecule has 1 rings (SSSR count). The van der Waals surface area contributed by atoms with Crippen LogP contribution in [0.5, 0.6) is 0 Å². The van der Waals surface area contributed by atoms with E-state index in [4.69, 9.17) is 5.26 Å². The van der Waals surface area contributed by atoms with Crippen LogP contribution in [0.25, 0.3) is 0 Å². The molecule has 22 heavy (non-hydrogen) atoms. The molecule has 3 amide bonds. The molecule has 0 unspecified atom stereocenters. The van der Waals surface area contributed by atoms with Crippen molar-refractivity contribution in [3.05, 3.63) is 29.8 Å². The summed E-state index contributed by atoms with van der Waals surface area (Å²) in [4.78, 5) is 23.3. The van der Waals surface area contributed by atoms with Crippen molar-refractivity contribution >= 4 is 17.6 Å². The number of nitrogens with one attached hydrogen (secondary N) is 3. The molecule has 0 spiro atoms. The summed E-state index contributed by atoms with van der Waals surface area (Å²) in [5.41, 5.74) is 0.513. The maximum absolute atomic E-state index is 11.8. The van der Waals surface area contributed by atoms with Crippen LogP contribution >= 0.6 is 0 Å². The molecule has 118 valence electrons. The van der Waals surface area contributed by atoms with E-state index in [0.717, 1.165) is 5.56 Å². The number of rotatable bonds is 5. The Labute approximate surface area is 130 Å². The van der Waals surface area contributed by atoms with Gasteiger partial charge in [0.15, 0.2) is 0 Å². The van der Waals surface area contributed by atoms with Crippen LogP contribution in [0, 0.1) is 16.7 Å². The van der Waals surface area contributed by atoms with Gasteiger partial charge in [0.1, 0.15) is 5.41 Å². The zero-order chi connectivity index (χ0) is 16.8. The van der Waals surface area contributed by atoms with E-state index in [1.165, 1.54) is 0 Å². The van der Waals surface area contributed by atoms with E-state index in [1.807, 2.05) is 32.0 Å². The highest BCUT2D eigenvalue weighted by Gasteiger charge is 2.26. The fourth-order valence-electron chi connectivity index (χ4n) is 1.59. The van der Waals surface area contributed by atoms with E-state index in [-0.39, 0.29) is 18.0 Å². The minimum Gasteiger partial charge on any atom is -0.351 e. The Bertz CT molecular complexity index is 571. The van der Waals surface area contributed by atoms with E-state index >= 15 is 0 Å². The third-order valence-electron chi connectivity index (χ3n) is 2.93. The Kier molecular flexibility index (Phi) is 5.93. The van der Waals surface area contributed by atoms with Crippen LogP contribution < -0.4 is 16.0 Å². The fourth-order valence-corrected chi connectivity index (χ4v) is 1.59. The smallest absolute Gasteiger partial charge is 0.319 e. The van der Waals surface area contributed by atoms with Crippen molar-refractivity contribution < 1.29 is 9.59 Å². The first-order valence-corrected chi connectivity index (χ1v) is 7.10. The van der Waals surface area contributed by atoms with E-state index in [1.54, 1.807) is 26.0 Å². The second-order valence-electron chi connectivity index (χ2n) is 5.87. The van der Waals surface area contributed by atoms with Crippen LogP contribution in [-0.4, -0.2) is 18.0 Å². The lowest BCUT2D eigenvalue weighted by atomic mass is 9.95. The lowest BCUT2D eigenvalue weighted by molar-refractivity contribution is -0.126. The SMILES string of the molecule is CC(C)NC(=O)Nc1ccc(CNC(=O)C(C)(C)C#N)cc1. The maximum Gasteiger partial charge on any atom is 0.319 e. The highest BCUT2D eigenvalue weighted by molar-refractivity contribution is 5.89. The average Bonchev–Trinajstić information content (AvgIpc) is 2.45. The number of amides is 3. The van der Waals surface area contributed by atoms with Crippen molar-refractivity contribution in [3.8, 4) is 6.07 Å². The second-order valence-corrected chi connectivity index (χ2v) is 5.87. The van der Waals surface area contributed by atoms with Gasteiger partial charge in [-0.25, -0.2) is 4.79 Å². The van der Waals surface area contributed by atoms with Gasteiger partial charge in [0.25, 0.3) is 0 Å². The van der Waals surface area contributed by atoms with Crippen molar-refractivity contribution in [3.63, 3.8) is 0 Å². The molecule has 0 saturated carbocycles. The molecule has 0 atom stereocenters. The van der Waals surface area contributed by atoms with Crippen LogP contribution in [0.15, 0.2) is 24.3 Å². The summed E-state index contributed by atoms with van der Waals surface area (Å²) in [5.74, 6) is -0.312. The summed E-state index contributed by atoms with van der Waals surface area (Å²) in [6, 6.07) is 8.91. The molecular weight excluding hydrogens is 280 g/mol. The Morgan fingerprint density at radius 2 is 1.82 bits per heavy atom. The minimum absolute atomic E-state index is 0.0676. The van der Waals surface area contributed by atoms with E-state index in [9.17, 15) is 9.59 Å². The highest BCUT2D eigenvalue weighted by atomic mass is 16.2. The average molecular weight is 302 g/mol. The monoisotopic (exact) mass is 302 g/mol. The first-order chi connectivity index (χ1) is 10.2. The van der Waals surface area contributed by atoms with Gasteiger partial charge >= 0.3 is 6.03 Å². The zero-order valence-corrected chi connectivity index (χ0v) is 13.4. The number of hydrogen-bond acceptors (Lipinski definition) is 3. The van der Waals surface area contributed by atoms with Gasteiger partial charge in [-0.05, 0) is 45.4 Å². The molecule has 0 fully saturated rings. The van der Waals surface area contributed by atoms with Crippen LogP contribution in [-0.2, 0) is 11.3 Å². The topological polar surface area (TPSA) is 94.0 Å². The van der Waals surface area contributed by atoms with Crippen molar-refractivity contribution in [1.82, 2.24) is 10.6 Å². The van der Waals surface area contributed by atoms with Gasteiger partial charge in [-0.3, -0.25) is 4.79 Å². The van der Waals surface area contributed by atoms with Gasteiger partial charge in [0, 0.05) is 18.3 Å². The van der Waals surface area contributed by atoms with Gasteiger partial charge in [-0.15, -0.1) is 0 Å². The van der Waals surface area contributed by atoms with Crippen molar-refractivity contribution in [2.75, 3.05) is 5.32 Å². The molecule has 0 aliphatic rings. The summed E-state index contributed by atoms with van der Waals surface area (Å²) >= 11 is 0. The number of benzene rings is 1. The molecule has 0 heterocycles. The van der Waals surface area contributed by atoms with Gasteiger partial charge < -0.3 is 16.0 Å². The number of carbonyl (C=O) groups excluding carboxylic acids is 2. The van der Waals surface area contributed by atoms with Crippen LogP contribution in [0.4, 0.5) is 10.5 Å². The number of nitriles is 1. The lowest BCUT2D eigenvalue weighted by Crippen LogP contribution is -2.35. The summed E-state index contributed by atoms with van der Waals surface area (Å²) in [5, 5.41) is 17.1. The molecule has 0 bridgehead atoms. The minimum atomic E-state index is -1.05. The molecule has 0 aromatic heterocycles. The van der Waals surface area contributed by atoms with E-state index in [0.29, 0.717) is 12.2 Å². The Morgan fingerprint density at radius 3 is 2.32 bits per heavy atom. The van der Waals surface area contributed by atoms with Crippen molar-refractivity contribution in [2.45, 2.75) is 40.3 Å². The first-order valence-electron chi connectivity index (χ1n) is 7.10. The predicted octanol–water partition coefficient (Wildman–Crippen LogP) is 2.38. The standard InChI is InChI=1S/C16H22N4O2/c1-11(2)19-15(22)20-13-7-5-12(6-8-13)9-18-14(21)16(3,4)10-17/h5-8,11H,9H2,1-4H3,(H,18,21)(H2,19,20,22). The van der Waals surface area contributed by atoms with Crippen LogP contribution in [0.3, 0.4) is 0 Å². The molecule has 0 saturated heterocycles. The molecule has 6 heteroatoms. The first kappa shape index (κ1) is 17.5. The normalized spacial score (nSPS) is 10.7. The Hall–Kier alpha value is -2.55. The second kappa shape index (κ2) is 7.46. The molecule has 0 aliphatic heterocycles. The maximum atomic E-state index is 11.8. The molecule has 0 aliphatic carbocycles. The van der Waals surface area contributed by atoms with Crippen molar-refractivity contribution in [2.24, 2.45) is 5.41 Å². The number of hydrogen-bond donors (Lipinski definition) is 3. The largest absolute Gasteiger partial charge is 0.351 e. The summed E-state index contributed by atoms with van der Waals surface area (Å²) in [6.07, 6.45) is 0. The summed E-state index contributed by atoms with van der Waals surface area (Å²) < 4.78 is 0. The lowest BCUT2D eigenvalue weighted by Gasteiger charge is -2.15. The molecular formula is C16H22N4O2. The van der Waals surface area contributed by atoms with Gasteiger partial charge in [-0.1, -0.05) is 12.1 Å². The summed E-state index contributed by atoms with van der Waals surface area (Å²) in [7, 11) is 0. The van der Waals surface area contributed by atoms with Crippen molar-refractivity contribution in [1.29, 1.82) is 5.26 Å². The molecule has 1 aromatic carbocycles. The highest BCUT2D eigenvalue weighted by Crippen LogP contribution is 2.14. The van der Waals surface area contributed by atoms with Gasteiger partial charge in [-0.2, -0.15) is 5.26 Å². The van der Waals surface area contributed by atoms with E-state index in [2.05, 4.69) is 16.0 Å². The molecule has 0 radical (unpaired) electrons. The quantitative estimate of drug-likeness (QED) is 0.779. The Balaban J connectivity index is 2.54. The number of anilines is 1. The zero-order valence-electron chi connectivity index (χ0n) is 13.4. The fraction of sp³-hybridized carbons (Fsp3) is 0.438. The number of urea groups is 1. The van der Waals surface area contributed by atoms with Crippen LogP contribution in [0.2, 0.25) is 0 Å². The summed E-state index contributed by atoms with van der Waals surface area (Å²) in [6.45, 7) is 7.25. The predicted molar refractivity (Wildman–Crippen MR) is 85.0 cm³/mol. The van der Waals surface area contributed by atoms with Gasteiger partial charge in [0.2, 0.25) is 5.91 Å². The van der Waals surface area contributed by atoms with E-state index < -0.39 is 5.41 Å².